The fourth-order valence-corrected chi connectivity index (χ4v) is 2.49. The van der Waals surface area contributed by atoms with Crippen LogP contribution in [0.1, 0.15) is 0 Å². The molecule has 0 amide bonds. The number of ether oxygens (including phenoxy) is 1. The van der Waals surface area contributed by atoms with Crippen LogP contribution in [0.4, 0.5) is 11.8 Å². The first-order valence-electron chi connectivity index (χ1n) is 5.88. The highest BCUT2D eigenvalue weighted by Crippen LogP contribution is 2.35. The Bertz CT molecular complexity index is 771. The van der Waals surface area contributed by atoms with E-state index in [0.29, 0.717) is 11.6 Å². The van der Waals surface area contributed by atoms with Crippen molar-refractivity contribution in [2.75, 3.05) is 11.5 Å². The lowest BCUT2D eigenvalue weighted by Crippen LogP contribution is -2.01. The molecule has 100 valence electrons. The van der Waals surface area contributed by atoms with Gasteiger partial charge < -0.3 is 16.2 Å². The van der Waals surface area contributed by atoms with E-state index in [2.05, 4.69) is 25.9 Å². The van der Waals surface area contributed by atoms with E-state index in [9.17, 15) is 0 Å². The minimum Gasteiger partial charge on any atom is -0.438 e. The average Bonchev–Trinajstić information content (AvgIpc) is 2.41. The number of rotatable bonds is 2. The molecule has 0 aliphatic heterocycles. The molecule has 4 N–H and O–H groups in total. The Morgan fingerprint density at radius 1 is 1.00 bits per heavy atom. The van der Waals surface area contributed by atoms with Crippen molar-refractivity contribution >= 4 is 38.5 Å². The van der Waals surface area contributed by atoms with Crippen LogP contribution in [-0.2, 0) is 0 Å². The number of nitrogens with two attached hydrogens (primary N) is 2. The topological polar surface area (TPSA) is 87.0 Å². The zero-order valence-corrected chi connectivity index (χ0v) is 12.0. The van der Waals surface area contributed by atoms with Crippen LogP contribution in [0.25, 0.3) is 10.8 Å². The van der Waals surface area contributed by atoms with Crippen LogP contribution < -0.4 is 16.2 Å². The number of anilines is 2. The molecule has 3 rings (SSSR count). The van der Waals surface area contributed by atoms with Gasteiger partial charge in [0.2, 0.25) is 11.8 Å². The molecular formula is C14H11BrN4O. The van der Waals surface area contributed by atoms with Crippen LogP contribution in [0.5, 0.6) is 11.6 Å². The van der Waals surface area contributed by atoms with E-state index in [1.165, 1.54) is 6.07 Å². The standard InChI is InChI=1S/C14H11BrN4O/c15-13-9-4-2-1-3-8(9)5-6-10(13)20-12-7-11(16)18-14(17)19-12/h1-7H,(H4,16,17,18,19). The number of aromatic nitrogens is 2. The Morgan fingerprint density at radius 3 is 2.60 bits per heavy atom. The molecule has 0 bridgehead atoms. The summed E-state index contributed by atoms with van der Waals surface area (Å²) in [5, 5.41) is 2.17. The molecule has 2 aromatic carbocycles. The van der Waals surface area contributed by atoms with Gasteiger partial charge in [0.1, 0.15) is 11.6 Å². The molecule has 0 saturated carbocycles. The summed E-state index contributed by atoms with van der Waals surface area (Å²) in [5.41, 5.74) is 11.2. The van der Waals surface area contributed by atoms with Gasteiger partial charge in [0.15, 0.2) is 0 Å². The van der Waals surface area contributed by atoms with E-state index in [4.69, 9.17) is 16.2 Å². The number of nitrogen functional groups attached to an aromatic ring is 2. The van der Waals surface area contributed by atoms with Crippen molar-refractivity contribution in [2.24, 2.45) is 0 Å². The number of fused-ring (bicyclic) bond motifs is 1. The van der Waals surface area contributed by atoms with Gasteiger partial charge >= 0.3 is 0 Å². The second kappa shape index (κ2) is 4.97. The maximum Gasteiger partial charge on any atom is 0.226 e. The molecule has 0 aliphatic carbocycles. The summed E-state index contributed by atoms with van der Waals surface area (Å²) in [6, 6.07) is 13.4. The van der Waals surface area contributed by atoms with Crippen LogP contribution >= 0.6 is 15.9 Å². The summed E-state index contributed by atoms with van der Waals surface area (Å²) in [5.74, 6) is 1.30. The number of benzene rings is 2. The number of hydrogen-bond donors (Lipinski definition) is 2. The fourth-order valence-electron chi connectivity index (χ4n) is 1.92. The van der Waals surface area contributed by atoms with Gasteiger partial charge in [-0.3, -0.25) is 0 Å². The van der Waals surface area contributed by atoms with Crippen molar-refractivity contribution in [1.29, 1.82) is 0 Å². The molecule has 3 aromatic rings. The molecule has 5 nitrogen and oxygen atoms in total. The minimum absolute atomic E-state index is 0.0805. The van der Waals surface area contributed by atoms with Gasteiger partial charge in [-0.1, -0.05) is 30.3 Å². The molecule has 0 spiro atoms. The summed E-state index contributed by atoms with van der Waals surface area (Å²) in [7, 11) is 0. The zero-order chi connectivity index (χ0) is 14.1. The maximum absolute atomic E-state index is 5.72. The van der Waals surface area contributed by atoms with Gasteiger partial charge in [-0.25, -0.2) is 0 Å². The summed E-state index contributed by atoms with van der Waals surface area (Å²) in [6.45, 7) is 0. The number of hydrogen-bond acceptors (Lipinski definition) is 5. The third kappa shape index (κ3) is 2.37. The number of halogens is 1. The first-order chi connectivity index (χ1) is 9.63. The molecule has 0 atom stereocenters. The smallest absolute Gasteiger partial charge is 0.226 e. The van der Waals surface area contributed by atoms with E-state index in [0.717, 1.165) is 15.2 Å². The SMILES string of the molecule is Nc1cc(Oc2ccc3ccccc3c2Br)nc(N)n1. The van der Waals surface area contributed by atoms with E-state index in [-0.39, 0.29) is 11.8 Å². The molecule has 0 radical (unpaired) electrons. The molecule has 20 heavy (non-hydrogen) atoms. The van der Waals surface area contributed by atoms with Crippen molar-refractivity contribution in [3.05, 3.63) is 46.9 Å². The van der Waals surface area contributed by atoms with E-state index in [1.54, 1.807) is 0 Å². The summed E-state index contributed by atoms with van der Waals surface area (Å²) < 4.78 is 6.57. The van der Waals surface area contributed by atoms with E-state index in [1.807, 2.05) is 36.4 Å². The lowest BCUT2D eigenvalue weighted by molar-refractivity contribution is 0.461. The third-order valence-corrected chi connectivity index (χ3v) is 3.60. The van der Waals surface area contributed by atoms with Gasteiger partial charge in [0.25, 0.3) is 0 Å². The van der Waals surface area contributed by atoms with Gasteiger partial charge in [0, 0.05) is 6.07 Å². The van der Waals surface area contributed by atoms with Crippen molar-refractivity contribution in [2.45, 2.75) is 0 Å². The average molecular weight is 331 g/mol. The first-order valence-corrected chi connectivity index (χ1v) is 6.68. The van der Waals surface area contributed by atoms with Crippen molar-refractivity contribution in [3.63, 3.8) is 0 Å². The van der Waals surface area contributed by atoms with Gasteiger partial charge in [-0.05, 0) is 32.8 Å². The molecule has 0 unspecified atom stereocenters. The van der Waals surface area contributed by atoms with Crippen molar-refractivity contribution < 1.29 is 4.74 Å². The molecule has 0 aliphatic rings. The van der Waals surface area contributed by atoms with Gasteiger partial charge in [-0.2, -0.15) is 9.97 Å². The number of nitrogens with zero attached hydrogens (tertiary/aromatic N) is 2. The van der Waals surface area contributed by atoms with E-state index >= 15 is 0 Å². The second-order valence-electron chi connectivity index (χ2n) is 4.19. The Labute approximate surface area is 123 Å². The second-order valence-corrected chi connectivity index (χ2v) is 4.98. The van der Waals surface area contributed by atoms with Crippen LogP contribution in [0, 0.1) is 0 Å². The van der Waals surface area contributed by atoms with Crippen molar-refractivity contribution in [3.8, 4) is 11.6 Å². The predicted octanol–water partition coefficient (Wildman–Crippen LogP) is 3.35. The Morgan fingerprint density at radius 2 is 1.80 bits per heavy atom. The van der Waals surface area contributed by atoms with Gasteiger partial charge in [0.05, 0.1) is 4.47 Å². The fraction of sp³-hybridized carbons (Fsp3) is 0. The highest BCUT2D eigenvalue weighted by Gasteiger charge is 2.09. The minimum atomic E-state index is 0.0805. The van der Waals surface area contributed by atoms with E-state index < -0.39 is 0 Å². The van der Waals surface area contributed by atoms with Crippen LogP contribution in [0.15, 0.2) is 46.9 Å². The summed E-state index contributed by atoms with van der Waals surface area (Å²) >= 11 is 3.55. The summed E-state index contributed by atoms with van der Waals surface area (Å²) in [4.78, 5) is 7.80. The lowest BCUT2D eigenvalue weighted by Gasteiger charge is -2.09. The van der Waals surface area contributed by atoms with Crippen LogP contribution in [0.2, 0.25) is 0 Å². The molecule has 0 fully saturated rings. The first kappa shape index (κ1) is 12.7. The molecule has 6 heteroatoms. The van der Waals surface area contributed by atoms with Crippen LogP contribution in [0.3, 0.4) is 0 Å². The predicted molar refractivity (Wildman–Crippen MR) is 82.6 cm³/mol. The zero-order valence-electron chi connectivity index (χ0n) is 10.4. The Kier molecular flexibility index (Phi) is 3.15. The lowest BCUT2D eigenvalue weighted by atomic mass is 10.1. The molecule has 1 heterocycles. The maximum atomic E-state index is 5.72. The van der Waals surface area contributed by atoms with Gasteiger partial charge in [-0.15, -0.1) is 0 Å². The molecule has 0 saturated heterocycles. The Hall–Kier alpha value is -2.34. The normalized spacial score (nSPS) is 10.7. The largest absolute Gasteiger partial charge is 0.438 e. The Balaban J connectivity index is 2.04. The van der Waals surface area contributed by atoms with Crippen molar-refractivity contribution in [1.82, 2.24) is 9.97 Å². The molecule has 1 aromatic heterocycles. The quantitative estimate of drug-likeness (QED) is 0.752. The third-order valence-electron chi connectivity index (χ3n) is 2.78. The highest BCUT2D eigenvalue weighted by molar-refractivity contribution is 9.10. The van der Waals surface area contributed by atoms with Crippen LogP contribution in [-0.4, -0.2) is 9.97 Å². The monoisotopic (exact) mass is 330 g/mol. The summed E-state index contributed by atoms with van der Waals surface area (Å²) in [6.07, 6.45) is 0. The molecular weight excluding hydrogens is 320 g/mol. The highest BCUT2D eigenvalue weighted by atomic mass is 79.9.